The molecular formula is C22H21N3O2. The highest BCUT2D eigenvalue weighted by atomic mass is 16.5. The number of benzene rings is 2. The van der Waals surface area contributed by atoms with Crippen LogP contribution >= 0.6 is 0 Å². The number of hydrogen-bond acceptors (Lipinski definition) is 3. The Bertz CT molecular complexity index is 1150. The second-order valence-electron chi connectivity index (χ2n) is 6.69. The van der Waals surface area contributed by atoms with Gasteiger partial charge in [-0.2, -0.15) is 0 Å². The molecule has 0 aliphatic heterocycles. The molecule has 0 saturated heterocycles. The molecule has 0 unspecified atom stereocenters. The molecule has 2 heterocycles. The van der Waals surface area contributed by atoms with Gasteiger partial charge in [0.1, 0.15) is 11.6 Å². The summed E-state index contributed by atoms with van der Waals surface area (Å²) in [6.07, 6.45) is 1.84. The van der Waals surface area contributed by atoms with Crippen molar-refractivity contribution in [1.82, 2.24) is 14.1 Å². The van der Waals surface area contributed by atoms with Crippen LogP contribution in [0.15, 0.2) is 65.6 Å². The van der Waals surface area contributed by atoms with Gasteiger partial charge in [0.15, 0.2) is 0 Å². The van der Waals surface area contributed by atoms with Crippen LogP contribution in [0, 0.1) is 6.92 Å². The van der Waals surface area contributed by atoms with Gasteiger partial charge in [-0.1, -0.05) is 30.3 Å². The molecule has 0 spiro atoms. The third-order valence-electron chi connectivity index (χ3n) is 4.76. The summed E-state index contributed by atoms with van der Waals surface area (Å²) < 4.78 is 9.19. The van der Waals surface area contributed by atoms with Gasteiger partial charge in [0.25, 0.3) is 5.56 Å². The molecule has 0 fully saturated rings. The number of rotatable bonds is 4. The largest absolute Gasteiger partial charge is 0.497 e. The fraction of sp³-hybridized carbons (Fsp3) is 0.182. The Balaban J connectivity index is 1.96. The molecular weight excluding hydrogens is 338 g/mol. The van der Waals surface area contributed by atoms with Crippen LogP contribution in [0.4, 0.5) is 0 Å². The van der Waals surface area contributed by atoms with Crippen LogP contribution in [0.5, 0.6) is 5.75 Å². The molecule has 0 N–H and O–H groups in total. The Morgan fingerprint density at radius 1 is 1.07 bits per heavy atom. The van der Waals surface area contributed by atoms with Gasteiger partial charge in [0.2, 0.25) is 0 Å². The van der Waals surface area contributed by atoms with Gasteiger partial charge in [0, 0.05) is 37.0 Å². The molecule has 136 valence electrons. The van der Waals surface area contributed by atoms with Crippen LogP contribution in [0.3, 0.4) is 0 Å². The van der Waals surface area contributed by atoms with E-state index in [1.54, 1.807) is 18.7 Å². The Morgan fingerprint density at radius 2 is 1.85 bits per heavy atom. The smallest absolute Gasteiger partial charge is 0.253 e. The molecule has 0 aliphatic rings. The van der Waals surface area contributed by atoms with Crippen molar-refractivity contribution >= 4 is 11.0 Å². The summed E-state index contributed by atoms with van der Waals surface area (Å²) in [7, 11) is 3.43. The van der Waals surface area contributed by atoms with Gasteiger partial charge in [-0.25, -0.2) is 4.98 Å². The van der Waals surface area contributed by atoms with Gasteiger partial charge in [0.05, 0.1) is 18.1 Å². The Kier molecular flexibility index (Phi) is 4.28. The van der Waals surface area contributed by atoms with Crippen molar-refractivity contribution < 1.29 is 4.74 Å². The van der Waals surface area contributed by atoms with Gasteiger partial charge >= 0.3 is 0 Å². The predicted octanol–water partition coefficient (Wildman–Crippen LogP) is 3.77. The average molecular weight is 359 g/mol. The van der Waals surface area contributed by atoms with E-state index < -0.39 is 0 Å². The molecule has 0 aliphatic carbocycles. The normalized spacial score (nSPS) is 11.1. The maximum absolute atomic E-state index is 12.1. The summed E-state index contributed by atoms with van der Waals surface area (Å²) in [5.74, 6) is 1.63. The Hall–Kier alpha value is -3.34. The molecule has 4 aromatic rings. The highest BCUT2D eigenvalue weighted by Gasteiger charge is 2.15. The van der Waals surface area contributed by atoms with Gasteiger partial charge < -0.3 is 13.9 Å². The molecule has 0 radical (unpaired) electrons. The van der Waals surface area contributed by atoms with E-state index in [0.717, 1.165) is 28.2 Å². The van der Waals surface area contributed by atoms with E-state index in [1.807, 2.05) is 55.6 Å². The SMILES string of the molecule is COc1ccc2nc(-c3cc(C)c(=O)n(C)c3)n(Cc3ccccc3)c2c1. The zero-order valence-electron chi connectivity index (χ0n) is 15.6. The number of hydrogen-bond donors (Lipinski definition) is 0. The van der Waals surface area contributed by atoms with Crippen molar-refractivity contribution in [3.63, 3.8) is 0 Å². The quantitative estimate of drug-likeness (QED) is 0.557. The van der Waals surface area contributed by atoms with E-state index >= 15 is 0 Å². The minimum atomic E-state index is 0.00568. The van der Waals surface area contributed by atoms with Crippen LogP contribution in [-0.4, -0.2) is 21.2 Å². The number of aromatic nitrogens is 3. The van der Waals surface area contributed by atoms with Crippen molar-refractivity contribution in [3.05, 3.63) is 82.3 Å². The van der Waals surface area contributed by atoms with Gasteiger partial charge in [-0.15, -0.1) is 0 Å². The van der Waals surface area contributed by atoms with E-state index in [1.165, 1.54) is 5.56 Å². The molecule has 2 aromatic carbocycles. The number of pyridine rings is 1. The molecule has 0 bridgehead atoms. The van der Waals surface area contributed by atoms with E-state index in [4.69, 9.17) is 9.72 Å². The summed E-state index contributed by atoms with van der Waals surface area (Å²) in [5.41, 5.74) is 4.70. The third kappa shape index (κ3) is 3.12. The minimum absolute atomic E-state index is 0.00568. The topological polar surface area (TPSA) is 49.0 Å². The van der Waals surface area contributed by atoms with E-state index in [9.17, 15) is 4.79 Å². The molecule has 5 heteroatoms. The lowest BCUT2D eigenvalue weighted by atomic mass is 10.2. The summed E-state index contributed by atoms with van der Waals surface area (Å²) in [6.45, 7) is 2.51. The molecule has 0 amide bonds. The van der Waals surface area contributed by atoms with Gasteiger partial charge in [-0.05, 0) is 30.7 Å². The van der Waals surface area contributed by atoms with E-state index in [-0.39, 0.29) is 5.56 Å². The molecule has 2 aromatic heterocycles. The Labute approximate surface area is 157 Å². The maximum Gasteiger partial charge on any atom is 0.253 e. The van der Waals surface area contributed by atoms with E-state index in [0.29, 0.717) is 12.1 Å². The number of imidazole rings is 1. The molecule has 0 atom stereocenters. The maximum atomic E-state index is 12.1. The molecule has 27 heavy (non-hydrogen) atoms. The average Bonchev–Trinajstić information content (AvgIpc) is 3.04. The van der Waals surface area contributed by atoms with Crippen LogP contribution in [0.2, 0.25) is 0 Å². The monoisotopic (exact) mass is 359 g/mol. The predicted molar refractivity (Wildman–Crippen MR) is 107 cm³/mol. The Morgan fingerprint density at radius 3 is 2.56 bits per heavy atom. The lowest BCUT2D eigenvalue weighted by molar-refractivity contribution is 0.415. The lowest BCUT2D eigenvalue weighted by Crippen LogP contribution is -2.18. The minimum Gasteiger partial charge on any atom is -0.497 e. The summed E-state index contributed by atoms with van der Waals surface area (Å²) >= 11 is 0. The number of fused-ring (bicyclic) bond motifs is 1. The molecule has 0 saturated carbocycles. The first kappa shape index (κ1) is 17.1. The van der Waals surface area contributed by atoms with Crippen LogP contribution in [0.25, 0.3) is 22.4 Å². The first-order valence-corrected chi connectivity index (χ1v) is 8.82. The third-order valence-corrected chi connectivity index (χ3v) is 4.76. The van der Waals surface area contributed by atoms with Crippen LogP contribution in [0.1, 0.15) is 11.1 Å². The highest BCUT2D eigenvalue weighted by Crippen LogP contribution is 2.28. The van der Waals surface area contributed by atoms with E-state index in [2.05, 4.69) is 16.7 Å². The lowest BCUT2D eigenvalue weighted by Gasteiger charge is -2.11. The zero-order valence-corrected chi connectivity index (χ0v) is 15.6. The van der Waals surface area contributed by atoms with Crippen LogP contribution < -0.4 is 10.3 Å². The highest BCUT2D eigenvalue weighted by molar-refractivity contribution is 5.82. The number of aryl methyl sites for hydroxylation is 2. The zero-order chi connectivity index (χ0) is 19.0. The number of nitrogens with zero attached hydrogens (tertiary/aromatic N) is 3. The first-order valence-electron chi connectivity index (χ1n) is 8.82. The fourth-order valence-corrected chi connectivity index (χ4v) is 3.38. The molecule has 5 nitrogen and oxygen atoms in total. The second-order valence-corrected chi connectivity index (χ2v) is 6.69. The number of methoxy groups -OCH3 is 1. The summed E-state index contributed by atoms with van der Waals surface area (Å²) in [6, 6.07) is 18.1. The fourth-order valence-electron chi connectivity index (χ4n) is 3.38. The van der Waals surface area contributed by atoms with Crippen molar-refractivity contribution in [2.45, 2.75) is 13.5 Å². The number of ether oxygens (including phenoxy) is 1. The second kappa shape index (κ2) is 6.76. The van der Waals surface area contributed by atoms with Crippen molar-refractivity contribution in [1.29, 1.82) is 0 Å². The van der Waals surface area contributed by atoms with Crippen LogP contribution in [-0.2, 0) is 13.6 Å². The van der Waals surface area contributed by atoms with Crippen molar-refractivity contribution in [2.75, 3.05) is 7.11 Å². The molecule has 4 rings (SSSR count). The summed E-state index contributed by atoms with van der Waals surface area (Å²) in [5, 5.41) is 0. The first-order chi connectivity index (χ1) is 13.1. The standard InChI is InChI=1S/C22H21N3O2/c1-15-11-17(14-24(2)22(15)26)21-23-19-10-9-18(27-3)12-20(19)25(21)13-16-7-5-4-6-8-16/h4-12,14H,13H2,1-3H3. The van der Waals surface area contributed by atoms with Crippen molar-refractivity contribution in [3.8, 4) is 17.1 Å². The summed E-state index contributed by atoms with van der Waals surface area (Å²) in [4.78, 5) is 17.0. The van der Waals surface area contributed by atoms with Crippen molar-refractivity contribution in [2.24, 2.45) is 7.05 Å². The van der Waals surface area contributed by atoms with Gasteiger partial charge in [-0.3, -0.25) is 4.79 Å².